The van der Waals surface area contributed by atoms with Crippen LogP contribution in [0.15, 0.2) is 23.2 Å². The Morgan fingerprint density at radius 3 is 2.78 bits per heavy atom. The Hall–Kier alpha value is -2.28. The Morgan fingerprint density at radius 2 is 2.11 bits per heavy atom. The SMILES string of the molecule is CCNC(=NCc1ccc(OC)c(C(=O)OC)c1)NCC1CCCN1CC. The molecule has 0 aliphatic carbocycles. The Bertz CT molecular complexity index is 648. The molecule has 150 valence electrons. The van der Waals surface area contributed by atoms with E-state index in [0.717, 1.165) is 31.2 Å². The van der Waals surface area contributed by atoms with Crippen LogP contribution in [0.3, 0.4) is 0 Å². The zero-order valence-electron chi connectivity index (χ0n) is 16.9. The van der Waals surface area contributed by atoms with Crippen LogP contribution in [0.25, 0.3) is 0 Å². The van der Waals surface area contributed by atoms with Crippen molar-refractivity contribution in [1.82, 2.24) is 15.5 Å². The minimum absolute atomic E-state index is 0.412. The van der Waals surface area contributed by atoms with Gasteiger partial charge in [-0.05, 0) is 50.6 Å². The van der Waals surface area contributed by atoms with Crippen molar-refractivity contribution in [2.45, 2.75) is 39.3 Å². The number of hydrogen-bond acceptors (Lipinski definition) is 5. The lowest BCUT2D eigenvalue weighted by Crippen LogP contribution is -2.44. The first-order valence-electron chi connectivity index (χ1n) is 9.64. The number of likely N-dealkylation sites (tertiary alicyclic amines) is 1. The topological polar surface area (TPSA) is 75.2 Å². The largest absolute Gasteiger partial charge is 0.496 e. The molecule has 0 saturated carbocycles. The third kappa shape index (κ3) is 5.85. The third-order valence-electron chi connectivity index (χ3n) is 4.84. The molecule has 1 saturated heterocycles. The molecule has 1 atom stereocenters. The van der Waals surface area contributed by atoms with Gasteiger partial charge in [0.2, 0.25) is 0 Å². The number of ether oxygens (including phenoxy) is 2. The van der Waals surface area contributed by atoms with E-state index in [9.17, 15) is 4.79 Å². The third-order valence-corrected chi connectivity index (χ3v) is 4.84. The molecule has 0 radical (unpaired) electrons. The molecule has 7 nitrogen and oxygen atoms in total. The minimum Gasteiger partial charge on any atom is -0.496 e. The number of guanidine groups is 1. The first kappa shape index (κ1) is 21.0. The van der Waals surface area contributed by atoms with Crippen molar-refractivity contribution < 1.29 is 14.3 Å². The molecule has 1 aliphatic rings. The first-order valence-corrected chi connectivity index (χ1v) is 9.64. The minimum atomic E-state index is -0.413. The van der Waals surface area contributed by atoms with E-state index in [0.29, 0.717) is 23.9 Å². The second kappa shape index (κ2) is 10.8. The maximum atomic E-state index is 11.9. The van der Waals surface area contributed by atoms with Gasteiger partial charge in [0.15, 0.2) is 5.96 Å². The number of aliphatic imine (C=N–C) groups is 1. The molecular weight excluding hydrogens is 344 g/mol. The number of hydrogen-bond donors (Lipinski definition) is 2. The highest BCUT2D eigenvalue weighted by Gasteiger charge is 2.22. The van der Waals surface area contributed by atoms with Crippen molar-refractivity contribution in [1.29, 1.82) is 0 Å². The summed E-state index contributed by atoms with van der Waals surface area (Å²) < 4.78 is 10.1. The van der Waals surface area contributed by atoms with E-state index in [1.807, 2.05) is 13.0 Å². The van der Waals surface area contributed by atoms with Gasteiger partial charge in [-0.1, -0.05) is 13.0 Å². The van der Waals surface area contributed by atoms with Crippen molar-refractivity contribution in [3.63, 3.8) is 0 Å². The van der Waals surface area contributed by atoms with Gasteiger partial charge in [0.05, 0.1) is 20.8 Å². The summed E-state index contributed by atoms with van der Waals surface area (Å²) in [5, 5.41) is 6.73. The average molecular weight is 377 g/mol. The molecule has 0 amide bonds. The van der Waals surface area contributed by atoms with Gasteiger partial charge in [-0.3, -0.25) is 4.90 Å². The van der Waals surface area contributed by atoms with Crippen LogP contribution in [0.4, 0.5) is 0 Å². The number of esters is 1. The second-order valence-electron chi connectivity index (χ2n) is 6.53. The number of nitrogens with zero attached hydrogens (tertiary/aromatic N) is 2. The summed E-state index contributed by atoms with van der Waals surface area (Å²) >= 11 is 0. The maximum absolute atomic E-state index is 11.9. The lowest BCUT2D eigenvalue weighted by molar-refractivity contribution is 0.0597. The lowest BCUT2D eigenvalue weighted by atomic mass is 10.1. The Kier molecular flexibility index (Phi) is 8.39. The lowest BCUT2D eigenvalue weighted by Gasteiger charge is -2.24. The van der Waals surface area contributed by atoms with Gasteiger partial charge >= 0.3 is 5.97 Å². The molecule has 2 rings (SSSR count). The van der Waals surface area contributed by atoms with E-state index in [-0.39, 0.29) is 0 Å². The zero-order chi connectivity index (χ0) is 19.6. The van der Waals surface area contributed by atoms with E-state index in [1.165, 1.54) is 33.6 Å². The highest BCUT2D eigenvalue weighted by atomic mass is 16.5. The van der Waals surface area contributed by atoms with Crippen LogP contribution >= 0.6 is 0 Å². The van der Waals surface area contributed by atoms with Gasteiger partial charge in [0.25, 0.3) is 0 Å². The van der Waals surface area contributed by atoms with Gasteiger partial charge in [0.1, 0.15) is 11.3 Å². The molecule has 1 heterocycles. The van der Waals surface area contributed by atoms with Gasteiger partial charge in [0, 0.05) is 19.1 Å². The summed E-state index contributed by atoms with van der Waals surface area (Å²) in [5.74, 6) is 0.875. The summed E-state index contributed by atoms with van der Waals surface area (Å²) in [6.45, 7) is 8.67. The summed E-state index contributed by atoms with van der Waals surface area (Å²) in [5.41, 5.74) is 1.33. The number of methoxy groups -OCH3 is 2. The number of carbonyl (C=O) groups excluding carboxylic acids is 1. The quantitative estimate of drug-likeness (QED) is 0.411. The predicted molar refractivity (Wildman–Crippen MR) is 107 cm³/mol. The fourth-order valence-corrected chi connectivity index (χ4v) is 3.39. The van der Waals surface area contributed by atoms with Crippen molar-refractivity contribution in [2.24, 2.45) is 4.99 Å². The van der Waals surface area contributed by atoms with Crippen molar-refractivity contribution in [2.75, 3.05) is 40.4 Å². The van der Waals surface area contributed by atoms with Crippen LogP contribution < -0.4 is 15.4 Å². The van der Waals surface area contributed by atoms with E-state index in [4.69, 9.17) is 9.47 Å². The summed E-state index contributed by atoms with van der Waals surface area (Å²) in [7, 11) is 2.90. The van der Waals surface area contributed by atoms with Gasteiger partial charge in [-0.2, -0.15) is 0 Å². The number of benzene rings is 1. The molecule has 1 fully saturated rings. The highest BCUT2D eigenvalue weighted by Crippen LogP contribution is 2.21. The smallest absolute Gasteiger partial charge is 0.341 e. The molecule has 1 aliphatic heterocycles. The Labute approximate surface area is 162 Å². The van der Waals surface area contributed by atoms with Crippen LogP contribution in [0.2, 0.25) is 0 Å². The molecule has 7 heteroatoms. The first-order chi connectivity index (χ1) is 13.1. The van der Waals surface area contributed by atoms with Crippen LogP contribution in [0, 0.1) is 0 Å². The molecule has 0 aromatic heterocycles. The average Bonchev–Trinajstić information content (AvgIpc) is 3.16. The maximum Gasteiger partial charge on any atom is 0.341 e. The van der Waals surface area contributed by atoms with Gasteiger partial charge in [-0.15, -0.1) is 0 Å². The zero-order valence-corrected chi connectivity index (χ0v) is 16.9. The van der Waals surface area contributed by atoms with E-state index in [2.05, 4.69) is 27.4 Å². The number of carbonyl (C=O) groups is 1. The second-order valence-corrected chi connectivity index (χ2v) is 6.53. The fraction of sp³-hybridized carbons (Fsp3) is 0.600. The van der Waals surface area contributed by atoms with E-state index in [1.54, 1.807) is 12.1 Å². The normalized spacial score (nSPS) is 17.6. The summed E-state index contributed by atoms with van der Waals surface area (Å²) in [4.78, 5) is 19.1. The van der Waals surface area contributed by atoms with E-state index >= 15 is 0 Å². The molecule has 0 spiro atoms. The summed E-state index contributed by atoms with van der Waals surface area (Å²) in [6, 6.07) is 6.02. The highest BCUT2D eigenvalue weighted by molar-refractivity contribution is 5.92. The van der Waals surface area contributed by atoms with Crippen LogP contribution in [-0.2, 0) is 11.3 Å². The monoisotopic (exact) mass is 376 g/mol. The molecule has 1 aromatic rings. The number of likely N-dealkylation sites (N-methyl/N-ethyl adjacent to an activating group) is 1. The van der Waals surface area contributed by atoms with Crippen molar-refractivity contribution >= 4 is 11.9 Å². The van der Waals surface area contributed by atoms with Crippen LogP contribution in [-0.4, -0.2) is 63.3 Å². The predicted octanol–water partition coefficient (Wildman–Crippen LogP) is 2.02. The molecule has 0 bridgehead atoms. The molecule has 27 heavy (non-hydrogen) atoms. The van der Waals surface area contributed by atoms with Crippen LogP contribution in [0.1, 0.15) is 42.6 Å². The van der Waals surface area contributed by atoms with Crippen LogP contribution in [0.5, 0.6) is 5.75 Å². The van der Waals surface area contributed by atoms with Gasteiger partial charge < -0.3 is 20.1 Å². The molecule has 2 N–H and O–H groups in total. The van der Waals surface area contributed by atoms with Gasteiger partial charge in [-0.25, -0.2) is 9.79 Å². The standard InChI is InChI=1S/C20H32N4O3/c1-5-21-20(23-14-16-8-7-11-24(16)6-2)22-13-15-9-10-18(26-3)17(12-15)19(25)27-4/h9-10,12,16H,5-8,11,13-14H2,1-4H3,(H2,21,22,23). The molecule has 1 unspecified atom stereocenters. The molecular formula is C20H32N4O3. The van der Waals surface area contributed by atoms with Crippen molar-refractivity contribution in [3.05, 3.63) is 29.3 Å². The number of nitrogens with one attached hydrogen (secondary N) is 2. The van der Waals surface area contributed by atoms with Crippen molar-refractivity contribution in [3.8, 4) is 5.75 Å². The Balaban J connectivity index is 2.04. The van der Waals surface area contributed by atoms with E-state index < -0.39 is 5.97 Å². The Morgan fingerprint density at radius 1 is 1.30 bits per heavy atom. The number of rotatable bonds is 8. The summed E-state index contributed by atoms with van der Waals surface area (Å²) in [6.07, 6.45) is 2.48. The fourth-order valence-electron chi connectivity index (χ4n) is 3.39. The molecule has 1 aromatic carbocycles.